The van der Waals surface area contributed by atoms with Gasteiger partial charge in [-0.05, 0) is 25.2 Å². The fourth-order valence-corrected chi connectivity index (χ4v) is 2.06. The monoisotopic (exact) mass is 226 g/mol. The molecule has 0 bridgehead atoms. The van der Waals surface area contributed by atoms with E-state index in [4.69, 9.17) is 18.0 Å². The summed E-state index contributed by atoms with van der Waals surface area (Å²) in [7, 11) is 0. The molecule has 0 aromatic heterocycles. The average molecular weight is 226 g/mol. The number of rotatable bonds is 5. The van der Waals surface area contributed by atoms with Gasteiger partial charge in [0, 0.05) is 24.9 Å². The molecule has 2 aliphatic carbocycles. The van der Waals surface area contributed by atoms with Gasteiger partial charge in [-0.15, -0.1) is 0 Å². The summed E-state index contributed by atoms with van der Waals surface area (Å²) in [4.78, 5) is 14.6. The minimum absolute atomic E-state index is 0.289. The fourth-order valence-electron chi connectivity index (χ4n) is 1.97. The van der Waals surface area contributed by atoms with Crippen LogP contribution in [0.5, 0.6) is 0 Å². The Morgan fingerprint density at radius 3 is 2.53 bits per heavy atom. The smallest absolute Gasteiger partial charge is 0.226 e. The maximum atomic E-state index is 12.1. The van der Waals surface area contributed by atoms with Gasteiger partial charge in [-0.1, -0.05) is 19.1 Å². The van der Waals surface area contributed by atoms with Crippen molar-refractivity contribution in [1.29, 1.82) is 0 Å². The number of hydrogen-bond acceptors (Lipinski definition) is 2. The third-order valence-electron chi connectivity index (χ3n) is 3.30. The zero-order chi connectivity index (χ0) is 11.0. The van der Waals surface area contributed by atoms with E-state index in [0.29, 0.717) is 29.3 Å². The summed E-state index contributed by atoms with van der Waals surface area (Å²) in [6.07, 6.45) is 4.04. The molecule has 3 nitrogen and oxygen atoms in total. The highest BCUT2D eigenvalue weighted by molar-refractivity contribution is 7.80. The lowest BCUT2D eigenvalue weighted by Gasteiger charge is -2.22. The average Bonchev–Trinajstić information content (AvgIpc) is 3.00. The number of nitrogens with zero attached hydrogens (tertiary/aromatic N) is 1. The van der Waals surface area contributed by atoms with Crippen LogP contribution < -0.4 is 5.73 Å². The number of hydrogen-bond donors (Lipinski definition) is 1. The van der Waals surface area contributed by atoms with E-state index in [2.05, 4.69) is 6.92 Å². The molecule has 15 heavy (non-hydrogen) atoms. The molecular weight excluding hydrogens is 208 g/mol. The third kappa shape index (κ3) is 2.68. The lowest BCUT2D eigenvalue weighted by atomic mass is 10.2. The van der Waals surface area contributed by atoms with Gasteiger partial charge in [0.25, 0.3) is 0 Å². The summed E-state index contributed by atoms with van der Waals surface area (Å²) in [5.41, 5.74) is 5.47. The van der Waals surface area contributed by atoms with E-state index in [9.17, 15) is 4.79 Å². The molecule has 2 atom stereocenters. The molecule has 2 unspecified atom stereocenters. The predicted octanol–water partition coefficient (Wildman–Crippen LogP) is 1.31. The van der Waals surface area contributed by atoms with Crippen LogP contribution in [0.15, 0.2) is 0 Å². The summed E-state index contributed by atoms with van der Waals surface area (Å²) in [6.45, 7) is 2.86. The van der Waals surface area contributed by atoms with Crippen molar-refractivity contribution in [2.24, 2.45) is 17.6 Å². The predicted molar refractivity (Wildman–Crippen MR) is 63.4 cm³/mol. The molecular formula is C11H18N2OS. The topological polar surface area (TPSA) is 46.3 Å². The molecule has 84 valence electrons. The molecule has 2 rings (SSSR count). The molecule has 0 aromatic carbocycles. The molecule has 2 fully saturated rings. The van der Waals surface area contributed by atoms with Crippen LogP contribution in [0.1, 0.15) is 32.6 Å². The molecule has 4 heteroatoms. The van der Waals surface area contributed by atoms with E-state index >= 15 is 0 Å². The van der Waals surface area contributed by atoms with Gasteiger partial charge in [0.1, 0.15) is 0 Å². The van der Waals surface area contributed by atoms with Crippen molar-refractivity contribution >= 4 is 23.1 Å². The van der Waals surface area contributed by atoms with Crippen LogP contribution >= 0.6 is 12.2 Å². The van der Waals surface area contributed by atoms with E-state index < -0.39 is 0 Å². The highest BCUT2D eigenvalue weighted by atomic mass is 32.1. The Hall–Kier alpha value is -0.640. The van der Waals surface area contributed by atoms with Gasteiger partial charge in [-0.2, -0.15) is 0 Å². The van der Waals surface area contributed by atoms with E-state index in [0.717, 1.165) is 25.8 Å². The minimum Gasteiger partial charge on any atom is -0.393 e. The number of carbonyl (C=O) groups excluding carboxylic acids is 1. The van der Waals surface area contributed by atoms with Gasteiger partial charge in [0.15, 0.2) is 0 Å². The standard InChI is InChI=1S/C11H18N2OS/c1-7-6-9(7)11(14)13(8-2-3-8)5-4-10(12)15/h7-9H,2-6H2,1H3,(H2,12,15). The van der Waals surface area contributed by atoms with Crippen molar-refractivity contribution in [2.75, 3.05) is 6.54 Å². The normalized spacial score (nSPS) is 28.6. The van der Waals surface area contributed by atoms with Gasteiger partial charge < -0.3 is 10.6 Å². The van der Waals surface area contributed by atoms with Crippen LogP contribution in [0, 0.1) is 11.8 Å². The molecule has 1 amide bonds. The second-order valence-corrected chi connectivity index (χ2v) is 5.32. The van der Waals surface area contributed by atoms with Crippen LogP contribution in [0.2, 0.25) is 0 Å². The van der Waals surface area contributed by atoms with Crippen LogP contribution in [0.3, 0.4) is 0 Å². The van der Waals surface area contributed by atoms with Crippen LogP contribution in [0.25, 0.3) is 0 Å². The molecule has 0 aliphatic heterocycles. The maximum Gasteiger partial charge on any atom is 0.226 e. The SMILES string of the molecule is CC1CC1C(=O)N(CCC(N)=S)C1CC1. The Bertz CT molecular complexity index is 288. The molecule has 0 radical (unpaired) electrons. The molecule has 0 spiro atoms. The summed E-state index contributed by atoms with van der Waals surface area (Å²) >= 11 is 4.85. The lowest BCUT2D eigenvalue weighted by Crippen LogP contribution is -2.36. The molecule has 0 aromatic rings. The Kier molecular flexibility index (Phi) is 2.96. The summed E-state index contributed by atoms with van der Waals surface area (Å²) in [5.74, 6) is 1.21. The second kappa shape index (κ2) is 4.08. The first kappa shape index (κ1) is 10.9. The van der Waals surface area contributed by atoms with Crippen molar-refractivity contribution in [3.8, 4) is 0 Å². The first-order chi connectivity index (χ1) is 7.09. The van der Waals surface area contributed by atoms with Gasteiger partial charge in [-0.25, -0.2) is 0 Å². The minimum atomic E-state index is 0.289. The summed E-state index contributed by atoms with van der Waals surface area (Å²) < 4.78 is 0. The molecule has 2 N–H and O–H groups in total. The zero-order valence-corrected chi connectivity index (χ0v) is 9.93. The van der Waals surface area contributed by atoms with Crippen molar-refractivity contribution in [3.05, 3.63) is 0 Å². The summed E-state index contributed by atoms with van der Waals surface area (Å²) in [6, 6.07) is 0.486. The van der Waals surface area contributed by atoms with Crippen LogP contribution in [-0.2, 0) is 4.79 Å². The van der Waals surface area contributed by atoms with Crippen molar-refractivity contribution < 1.29 is 4.79 Å². The third-order valence-corrected chi connectivity index (χ3v) is 3.50. The maximum absolute atomic E-state index is 12.1. The van der Waals surface area contributed by atoms with Crippen molar-refractivity contribution in [1.82, 2.24) is 4.90 Å². The van der Waals surface area contributed by atoms with E-state index in [1.54, 1.807) is 0 Å². The van der Waals surface area contributed by atoms with Gasteiger partial charge in [-0.3, -0.25) is 4.79 Å². The molecule has 2 saturated carbocycles. The highest BCUT2D eigenvalue weighted by Crippen LogP contribution is 2.41. The highest BCUT2D eigenvalue weighted by Gasteiger charge is 2.44. The van der Waals surface area contributed by atoms with Gasteiger partial charge in [0.2, 0.25) is 5.91 Å². The van der Waals surface area contributed by atoms with Gasteiger partial charge in [0.05, 0.1) is 4.99 Å². The summed E-state index contributed by atoms with van der Waals surface area (Å²) in [5, 5.41) is 0. The van der Waals surface area contributed by atoms with Crippen LogP contribution in [0.4, 0.5) is 0 Å². The van der Waals surface area contributed by atoms with Crippen LogP contribution in [-0.4, -0.2) is 28.4 Å². The van der Waals surface area contributed by atoms with E-state index in [1.165, 1.54) is 0 Å². The fraction of sp³-hybridized carbons (Fsp3) is 0.818. The number of carbonyl (C=O) groups is 1. The largest absolute Gasteiger partial charge is 0.393 e. The Labute approximate surface area is 96.0 Å². The molecule has 0 saturated heterocycles. The lowest BCUT2D eigenvalue weighted by molar-refractivity contribution is -0.133. The quantitative estimate of drug-likeness (QED) is 0.719. The van der Waals surface area contributed by atoms with Crippen molar-refractivity contribution in [3.63, 3.8) is 0 Å². The molecule has 2 aliphatic rings. The first-order valence-corrected chi connectivity index (χ1v) is 6.09. The zero-order valence-electron chi connectivity index (χ0n) is 9.11. The Balaban J connectivity index is 1.87. The van der Waals surface area contributed by atoms with Gasteiger partial charge >= 0.3 is 0 Å². The number of thiocarbonyl (C=S) groups is 1. The van der Waals surface area contributed by atoms with E-state index in [1.807, 2.05) is 4.90 Å². The number of nitrogens with two attached hydrogens (primary N) is 1. The number of amides is 1. The Morgan fingerprint density at radius 1 is 1.53 bits per heavy atom. The van der Waals surface area contributed by atoms with Crippen molar-refractivity contribution in [2.45, 2.75) is 38.6 Å². The van der Waals surface area contributed by atoms with E-state index in [-0.39, 0.29) is 5.92 Å². The first-order valence-electron chi connectivity index (χ1n) is 5.68. The molecule has 0 heterocycles. The Morgan fingerprint density at radius 2 is 2.13 bits per heavy atom. The second-order valence-electron chi connectivity index (χ2n) is 4.80.